The maximum atomic E-state index is 11.6. The number of thioether (sulfide) groups is 1. The molecule has 2 amide bonds. The number of benzene rings is 1. The van der Waals surface area contributed by atoms with Gasteiger partial charge in [0, 0.05) is 23.2 Å². The molecular formula is C14H20N2OS. The Morgan fingerprint density at radius 3 is 2.67 bits per heavy atom. The number of nitrogens with one attached hydrogen (secondary N) is 2. The minimum Gasteiger partial charge on any atom is -0.337 e. The van der Waals surface area contributed by atoms with Crippen LogP contribution in [0.15, 0.2) is 35.2 Å². The number of carbonyl (C=O) groups excluding carboxylic acids is 1. The minimum atomic E-state index is -0.0180. The molecule has 1 aliphatic carbocycles. The first-order valence-electron chi connectivity index (χ1n) is 6.57. The minimum absolute atomic E-state index is 0.0180. The number of rotatable bonds is 5. The van der Waals surface area contributed by atoms with E-state index in [2.05, 4.69) is 22.8 Å². The van der Waals surface area contributed by atoms with Gasteiger partial charge in [0.1, 0.15) is 0 Å². The predicted molar refractivity (Wildman–Crippen MR) is 76.0 cm³/mol. The topological polar surface area (TPSA) is 41.1 Å². The van der Waals surface area contributed by atoms with Crippen molar-refractivity contribution in [2.75, 3.05) is 12.3 Å². The van der Waals surface area contributed by atoms with Crippen LogP contribution in [-0.2, 0) is 0 Å². The van der Waals surface area contributed by atoms with Crippen molar-refractivity contribution in [2.45, 2.75) is 36.6 Å². The standard InChI is InChI=1S/C14H20N2OS/c17-14(16-12-6-4-5-7-12)15-10-11-18-13-8-2-1-3-9-13/h1-3,8-9,12H,4-7,10-11H2,(H2,15,16,17). The van der Waals surface area contributed by atoms with Gasteiger partial charge in [0.25, 0.3) is 0 Å². The molecule has 1 aromatic carbocycles. The quantitative estimate of drug-likeness (QED) is 0.634. The second kappa shape index (κ2) is 7.31. The predicted octanol–water partition coefficient (Wildman–Crippen LogP) is 3.02. The summed E-state index contributed by atoms with van der Waals surface area (Å²) < 4.78 is 0. The third-order valence-corrected chi connectivity index (χ3v) is 4.10. The summed E-state index contributed by atoms with van der Waals surface area (Å²) in [6, 6.07) is 10.6. The summed E-state index contributed by atoms with van der Waals surface area (Å²) in [6.07, 6.45) is 4.75. The lowest BCUT2D eigenvalue weighted by Gasteiger charge is -2.12. The van der Waals surface area contributed by atoms with E-state index in [-0.39, 0.29) is 6.03 Å². The summed E-state index contributed by atoms with van der Waals surface area (Å²) in [7, 11) is 0. The molecule has 0 spiro atoms. The van der Waals surface area contributed by atoms with Crippen LogP contribution < -0.4 is 10.6 Å². The number of carbonyl (C=O) groups is 1. The Morgan fingerprint density at radius 1 is 1.22 bits per heavy atom. The zero-order valence-electron chi connectivity index (χ0n) is 10.5. The molecule has 3 nitrogen and oxygen atoms in total. The van der Waals surface area contributed by atoms with Gasteiger partial charge in [0.15, 0.2) is 0 Å². The molecule has 0 unspecified atom stereocenters. The number of urea groups is 1. The second-order valence-corrected chi connectivity index (χ2v) is 5.71. The summed E-state index contributed by atoms with van der Waals surface area (Å²) in [5.41, 5.74) is 0. The van der Waals surface area contributed by atoms with Crippen molar-refractivity contribution in [3.8, 4) is 0 Å². The van der Waals surface area contributed by atoms with Crippen molar-refractivity contribution >= 4 is 17.8 Å². The number of amides is 2. The van der Waals surface area contributed by atoms with E-state index >= 15 is 0 Å². The van der Waals surface area contributed by atoms with Gasteiger partial charge in [-0.05, 0) is 25.0 Å². The Balaban J connectivity index is 1.56. The van der Waals surface area contributed by atoms with E-state index in [4.69, 9.17) is 0 Å². The highest BCUT2D eigenvalue weighted by Gasteiger charge is 2.16. The summed E-state index contributed by atoms with van der Waals surface area (Å²) in [6.45, 7) is 0.706. The maximum absolute atomic E-state index is 11.6. The normalized spacial score (nSPS) is 15.6. The van der Waals surface area contributed by atoms with E-state index in [0.29, 0.717) is 12.6 Å². The average molecular weight is 264 g/mol. The first-order chi connectivity index (χ1) is 8.84. The molecule has 1 fully saturated rings. The molecule has 1 aliphatic rings. The molecule has 0 atom stereocenters. The van der Waals surface area contributed by atoms with Gasteiger partial charge in [-0.2, -0.15) is 0 Å². The van der Waals surface area contributed by atoms with Crippen LogP contribution in [0.4, 0.5) is 4.79 Å². The Labute approximate surface area is 113 Å². The molecule has 98 valence electrons. The highest BCUT2D eigenvalue weighted by Crippen LogP contribution is 2.17. The number of hydrogen-bond acceptors (Lipinski definition) is 2. The van der Waals surface area contributed by atoms with Crippen molar-refractivity contribution in [1.29, 1.82) is 0 Å². The van der Waals surface area contributed by atoms with E-state index < -0.39 is 0 Å². The van der Waals surface area contributed by atoms with Crippen LogP contribution in [0.2, 0.25) is 0 Å². The molecular weight excluding hydrogens is 244 g/mol. The lowest BCUT2D eigenvalue weighted by atomic mass is 10.3. The second-order valence-electron chi connectivity index (χ2n) is 4.54. The van der Waals surface area contributed by atoms with Crippen LogP contribution in [0, 0.1) is 0 Å². The first-order valence-corrected chi connectivity index (χ1v) is 7.55. The molecule has 0 saturated heterocycles. The van der Waals surface area contributed by atoms with Crippen molar-refractivity contribution in [3.63, 3.8) is 0 Å². The van der Waals surface area contributed by atoms with Gasteiger partial charge in [-0.15, -0.1) is 11.8 Å². The van der Waals surface area contributed by atoms with E-state index in [0.717, 1.165) is 18.6 Å². The van der Waals surface area contributed by atoms with Crippen LogP contribution >= 0.6 is 11.8 Å². The van der Waals surface area contributed by atoms with Crippen molar-refractivity contribution in [2.24, 2.45) is 0 Å². The monoisotopic (exact) mass is 264 g/mol. The fourth-order valence-corrected chi connectivity index (χ4v) is 2.95. The molecule has 18 heavy (non-hydrogen) atoms. The van der Waals surface area contributed by atoms with Crippen molar-refractivity contribution in [1.82, 2.24) is 10.6 Å². The largest absolute Gasteiger partial charge is 0.337 e. The van der Waals surface area contributed by atoms with Gasteiger partial charge in [0.2, 0.25) is 0 Å². The van der Waals surface area contributed by atoms with Gasteiger partial charge < -0.3 is 10.6 Å². The van der Waals surface area contributed by atoms with Crippen molar-refractivity contribution in [3.05, 3.63) is 30.3 Å². The average Bonchev–Trinajstić information content (AvgIpc) is 2.89. The number of hydrogen-bond donors (Lipinski definition) is 2. The molecule has 0 aliphatic heterocycles. The van der Waals surface area contributed by atoms with Crippen LogP contribution in [0.25, 0.3) is 0 Å². The van der Waals surface area contributed by atoms with Gasteiger partial charge >= 0.3 is 6.03 Å². The molecule has 0 aromatic heterocycles. The zero-order chi connectivity index (χ0) is 12.6. The summed E-state index contributed by atoms with van der Waals surface area (Å²) in [4.78, 5) is 12.8. The Morgan fingerprint density at radius 2 is 1.94 bits per heavy atom. The Hall–Kier alpha value is -1.16. The van der Waals surface area contributed by atoms with Gasteiger partial charge in [-0.3, -0.25) is 0 Å². The van der Waals surface area contributed by atoms with E-state index in [1.165, 1.54) is 17.7 Å². The Bertz CT molecular complexity index is 363. The molecule has 1 saturated carbocycles. The summed E-state index contributed by atoms with van der Waals surface area (Å²) in [5.74, 6) is 0.905. The summed E-state index contributed by atoms with van der Waals surface area (Å²) >= 11 is 1.76. The lowest BCUT2D eigenvalue weighted by molar-refractivity contribution is 0.238. The molecule has 0 heterocycles. The maximum Gasteiger partial charge on any atom is 0.315 e. The molecule has 2 rings (SSSR count). The van der Waals surface area contributed by atoms with Gasteiger partial charge in [0.05, 0.1) is 0 Å². The third kappa shape index (κ3) is 4.61. The van der Waals surface area contributed by atoms with Gasteiger partial charge in [-0.1, -0.05) is 31.0 Å². The third-order valence-electron chi connectivity index (χ3n) is 3.09. The molecule has 0 radical (unpaired) electrons. The van der Waals surface area contributed by atoms with Gasteiger partial charge in [-0.25, -0.2) is 4.79 Å². The lowest BCUT2D eigenvalue weighted by Crippen LogP contribution is -2.41. The fourth-order valence-electron chi connectivity index (χ4n) is 2.16. The Kier molecular flexibility index (Phi) is 5.39. The smallest absolute Gasteiger partial charge is 0.315 e. The fraction of sp³-hybridized carbons (Fsp3) is 0.500. The SMILES string of the molecule is O=C(NCCSc1ccccc1)NC1CCCC1. The van der Waals surface area contributed by atoms with E-state index in [9.17, 15) is 4.79 Å². The van der Waals surface area contributed by atoms with Crippen LogP contribution in [0.3, 0.4) is 0 Å². The molecule has 2 N–H and O–H groups in total. The first kappa shape index (κ1) is 13.3. The molecule has 0 bridgehead atoms. The highest BCUT2D eigenvalue weighted by atomic mass is 32.2. The van der Waals surface area contributed by atoms with E-state index in [1.807, 2.05) is 18.2 Å². The van der Waals surface area contributed by atoms with Crippen molar-refractivity contribution < 1.29 is 4.79 Å². The van der Waals surface area contributed by atoms with E-state index in [1.54, 1.807) is 11.8 Å². The molecule has 4 heteroatoms. The molecule has 1 aromatic rings. The summed E-state index contributed by atoms with van der Waals surface area (Å²) in [5, 5.41) is 5.93. The van der Waals surface area contributed by atoms with Crippen LogP contribution in [-0.4, -0.2) is 24.4 Å². The van der Waals surface area contributed by atoms with Crippen LogP contribution in [0.5, 0.6) is 0 Å². The zero-order valence-corrected chi connectivity index (χ0v) is 11.3. The highest BCUT2D eigenvalue weighted by molar-refractivity contribution is 7.99. The van der Waals surface area contributed by atoms with Crippen LogP contribution in [0.1, 0.15) is 25.7 Å².